The Labute approximate surface area is 118 Å². The van der Waals surface area contributed by atoms with E-state index in [4.69, 9.17) is 13.9 Å². The van der Waals surface area contributed by atoms with Crippen LogP contribution in [0.1, 0.15) is 11.7 Å². The topological polar surface area (TPSA) is 106 Å². The summed E-state index contributed by atoms with van der Waals surface area (Å²) in [6, 6.07) is 5.85. The summed E-state index contributed by atoms with van der Waals surface area (Å²) in [7, 11) is 1.39. The Morgan fingerprint density at radius 1 is 1.19 bits per heavy atom. The molecule has 1 saturated heterocycles. The van der Waals surface area contributed by atoms with Crippen LogP contribution in [0.5, 0.6) is 5.75 Å². The van der Waals surface area contributed by atoms with Crippen molar-refractivity contribution >= 4 is 16.9 Å². The van der Waals surface area contributed by atoms with E-state index in [9.17, 15) is 19.8 Å². The Morgan fingerprint density at radius 2 is 1.95 bits per heavy atom. The fourth-order valence-electron chi connectivity index (χ4n) is 2.33. The van der Waals surface area contributed by atoms with Crippen LogP contribution in [0.3, 0.4) is 0 Å². The Morgan fingerprint density at radius 3 is 2.57 bits per heavy atom. The number of cyclic esters (lactones) is 1. The van der Waals surface area contributed by atoms with Gasteiger partial charge in [-0.1, -0.05) is 0 Å². The number of esters is 1. The largest absolute Gasteiger partial charge is 0.496 e. The van der Waals surface area contributed by atoms with Crippen molar-refractivity contribution in [3.05, 3.63) is 40.2 Å². The molecule has 0 aliphatic carbocycles. The molecule has 0 spiro atoms. The first-order valence-electron chi connectivity index (χ1n) is 6.19. The number of hydrogen-bond donors (Lipinski definition) is 2. The van der Waals surface area contributed by atoms with E-state index >= 15 is 0 Å². The first-order valence-corrected chi connectivity index (χ1v) is 6.19. The molecule has 1 aromatic carbocycles. The number of methoxy groups -OCH3 is 1. The van der Waals surface area contributed by atoms with Crippen LogP contribution in [-0.2, 0) is 9.53 Å². The third-order valence-electron chi connectivity index (χ3n) is 3.40. The first-order chi connectivity index (χ1) is 10.0. The number of carbonyl (C=O) groups is 1. The SMILES string of the molecule is COc1cc2oc(=O)ccc2cc1[C@@H]1OC(=O)[C@H](O)[C@H]1O. The summed E-state index contributed by atoms with van der Waals surface area (Å²) in [5.74, 6) is -0.614. The molecule has 0 radical (unpaired) electrons. The third kappa shape index (κ3) is 2.16. The molecular weight excluding hydrogens is 280 g/mol. The van der Waals surface area contributed by atoms with Gasteiger partial charge in [-0.2, -0.15) is 0 Å². The number of aliphatic hydroxyl groups is 2. The molecule has 7 heteroatoms. The average Bonchev–Trinajstić information content (AvgIpc) is 2.73. The number of hydrogen-bond acceptors (Lipinski definition) is 7. The quantitative estimate of drug-likeness (QED) is 0.598. The summed E-state index contributed by atoms with van der Waals surface area (Å²) in [4.78, 5) is 22.6. The van der Waals surface area contributed by atoms with Crippen LogP contribution in [0.4, 0.5) is 0 Å². The van der Waals surface area contributed by atoms with Crippen molar-refractivity contribution in [2.45, 2.75) is 18.3 Å². The van der Waals surface area contributed by atoms with Crippen LogP contribution >= 0.6 is 0 Å². The molecule has 0 saturated carbocycles. The molecule has 1 aliphatic heterocycles. The van der Waals surface area contributed by atoms with Crippen molar-refractivity contribution in [3.8, 4) is 5.75 Å². The Kier molecular flexibility index (Phi) is 3.15. The smallest absolute Gasteiger partial charge is 0.338 e. The summed E-state index contributed by atoms with van der Waals surface area (Å²) in [5.41, 5.74) is 0.193. The highest BCUT2D eigenvalue weighted by Gasteiger charge is 2.44. The van der Waals surface area contributed by atoms with Crippen LogP contribution in [-0.4, -0.2) is 35.5 Å². The van der Waals surface area contributed by atoms with Crippen LogP contribution in [0, 0.1) is 0 Å². The van der Waals surface area contributed by atoms with Gasteiger partial charge in [-0.15, -0.1) is 0 Å². The highest BCUT2D eigenvalue weighted by molar-refractivity contribution is 5.81. The fraction of sp³-hybridized carbons (Fsp3) is 0.286. The van der Waals surface area contributed by atoms with E-state index in [0.29, 0.717) is 16.5 Å². The molecule has 2 heterocycles. The molecule has 2 N–H and O–H groups in total. The molecule has 110 valence electrons. The number of carbonyl (C=O) groups excluding carboxylic acids is 1. The third-order valence-corrected chi connectivity index (χ3v) is 3.40. The minimum atomic E-state index is -1.59. The van der Waals surface area contributed by atoms with Crippen molar-refractivity contribution in [2.24, 2.45) is 0 Å². The number of ether oxygens (including phenoxy) is 2. The Bertz CT molecular complexity index is 763. The van der Waals surface area contributed by atoms with Gasteiger partial charge in [0.05, 0.1) is 7.11 Å². The van der Waals surface area contributed by atoms with Gasteiger partial charge in [-0.05, 0) is 12.1 Å². The van der Waals surface area contributed by atoms with E-state index < -0.39 is 29.9 Å². The van der Waals surface area contributed by atoms with Gasteiger partial charge in [0.2, 0.25) is 0 Å². The lowest BCUT2D eigenvalue weighted by atomic mass is 10.00. The lowest BCUT2D eigenvalue weighted by Gasteiger charge is -2.17. The zero-order chi connectivity index (χ0) is 15.1. The van der Waals surface area contributed by atoms with Gasteiger partial charge in [0.25, 0.3) is 0 Å². The maximum Gasteiger partial charge on any atom is 0.338 e. The standard InChI is InChI=1S/C14H12O7/c1-19-9-5-8-6(2-3-10(15)20-8)4-7(9)13-11(16)12(17)14(18)21-13/h2-5,11-13,16-17H,1H3/t11-,12-,13+/m1/s1. The van der Waals surface area contributed by atoms with Crippen LogP contribution in [0.2, 0.25) is 0 Å². The van der Waals surface area contributed by atoms with Gasteiger partial charge < -0.3 is 24.1 Å². The van der Waals surface area contributed by atoms with Gasteiger partial charge in [0, 0.05) is 23.1 Å². The lowest BCUT2D eigenvalue weighted by Crippen LogP contribution is -2.27. The second kappa shape index (κ2) is 4.87. The molecule has 1 aliphatic rings. The maximum atomic E-state index is 11.3. The van der Waals surface area contributed by atoms with Gasteiger partial charge in [-0.3, -0.25) is 0 Å². The number of rotatable bonds is 2. The predicted octanol–water partition coefficient (Wildman–Crippen LogP) is 0.121. The highest BCUT2D eigenvalue weighted by atomic mass is 16.6. The van der Waals surface area contributed by atoms with Crippen LogP contribution in [0.25, 0.3) is 11.0 Å². The maximum absolute atomic E-state index is 11.3. The molecular formula is C14H12O7. The predicted molar refractivity (Wildman–Crippen MR) is 69.9 cm³/mol. The molecule has 0 unspecified atom stereocenters. The van der Waals surface area contributed by atoms with E-state index in [1.54, 1.807) is 12.1 Å². The number of benzene rings is 1. The molecule has 1 aromatic heterocycles. The second-order valence-electron chi connectivity index (χ2n) is 4.68. The summed E-state index contributed by atoms with van der Waals surface area (Å²) in [6.45, 7) is 0. The molecule has 21 heavy (non-hydrogen) atoms. The van der Waals surface area contributed by atoms with E-state index in [-0.39, 0.29) is 5.75 Å². The fourth-order valence-corrected chi connectivity index (χ4v) is 2.33. The van der Waals surface area contributed by atoms with Gasteiger partial charge in [0.1, 0.15) is 17.4 Å². The summed E-state index contributed by atoms with van der Waals surface area (Å²) in [6.07, 6.45) is -4.03. The van der Waals surface area contributed by atoms with Crippen molar-refractivity contribution in [1.82, 2.24) is 0 Å². The zero-order valence-corrected chi connectivity index (χ0v) is 11.0. The minimum absolute atomic E-state index is 0.280. The summed E-state index contributed by atoms with van der Waals surface area (Å²) in [5, 5.41) is 20.0. The summed E-state index contributed by atoms with van der Waals surface area (Å²) >= 11 is 0. The van der Waals surface area contributed by atoms with Gasteiger partial charge in [0.15, 0.2) is 12.2 Å². The number of fused-ring (bicyclic) bond motifs is 1. The van der Waals surface area contributed by atoms with E-state index in [2.05, 4.69) is 0 Å². The minimum Gasteiger partial charge on any atom is -0.496 e. The number of aliphatic hydroxyl groups excluding tert-OH is 2. The molecule has 3 rings (SSSR count). The van der Waals surface area contributed by atoms with Gasteiger partial charge >= 0.3 is 11.6 Å². The zero-order valence-electron chi connectivity index (χ0n) is 11.0. The van der Waals surface area contributed by atoms with E-state index in [0.717, 1.165) is 0 Å². The van der Waals surface area contributed by atoms with Crippen molar-refractivity contribution in [2.75, 3.05) is 7.11 Å². The normalized spacial score (nSPS) is 25.1. The molecule has 3 atom stereocenters. The van der Waals surface area contributed by atoms with E-state index in [1.165, 1.54) is 19.2 Å². The van der Waals surface area contributed by atoms with Crippen LogP contribution in [0.15, 0.2) is 33.5 Å². The Balaban J connectivity index is 2.15. The average molecular weight is 292 g/mol. The second-order valence-corrected chi connectivity index (χ2v) is 4.68. The first kappa shape index (κ1) is 13.6. The van der Waals surface area contributed by atoms with Crippen LogP contribution < -0.4 is 10.4 Å². The summed E-state index contributed by atoms with van der Waals surface area (Å²) < 4.78 is 15.2. The molecule has 0 amide bonds. The molecule has 1 fully saturated rings. The van der Waals surface area contributed by atoms with Crippen molar-refractivity contribution in [1.29, 1.82) is 0 Å². The van der Waals surface area contributed by atoms with Crippen molar-refractivity contribution < 1.29 is 28.9 Å². The Hall–Kier alpha value is -2.38. The van der Waals surface area contributed by atoms with Crippen molar-refractivity contribution in [3.63, 3.8) is 0 Å². The van der Waals surface area contributed by atoms with E-state index in [1.807, 2.05) is 0 Å². The highest BCUT2D eigenvalue weighted by Crippen LogP contribution is 2.37. The van der Waals surface area contributed by atoms with Gasteiger partial charge in [-0.25, -0.2) is 9.59 Å². The molecule has 0 bridgehead atoms. The molecule has 2 aromatic rings. The molecule has 7 nitrogen and oxygen atoms in total. The lowest BCUT2D eigenvalue weighted by molar-refractivity contribution is -0.147. The monoisotopic (exact) mass is 292 g/mol.